The van der Waals surface area contributed by atoms with Gasteiger partial charge in [0.15, 0.2) is 0 Å². The molecule has 3 heteroatoms. The second kappa shape index (κ2) is 8.44. The number of nitrogens with zero attached hydrogens (tertiary/aromatic N) is 2. The minimum atomic E-state index is 0.0928. The topological polar surface area (TPSA) is 9.86 Å². The molecular weight excluding hydrogens is 639 g/mol. The van der Waals surface area contributed by atoms with Crippen molar-refractivity contribution in [2.75, 3.05) is 0 Å². The summed E-state index contributed by atoms with van der Waals surface area (Å²) in [6, 6.07) is 58.1. The molecule has 0 N–H and O–H groups in total. The Bertz CT molecular complexity index is 3630. The van der Waals surface area contributed by atoms with Crippen LogP contribution in [0, 0.1) is 0 Å². The second-order valence-corrected chi connectivity index (χ2v) is 15.5. The van der Waals surface area contributed by atoms with Gasteiger partial charge in [0.05, 0.1) is 22.1 Å². The molecule has 53 heavy (non-hydrogen) atoms. The van der Waals surface area contributed by atoms with Gasteiger partial charge in [0, 0.05) is 32.9 Å². The third-order valence-electron chi connectivity index (χ3n) is 13.3. The predicted molar refractivity (Wildman–Crippen MR) is 224 cm³/mol. The molecule has 4 heterocycles. The summed E-state index contributed by atoms with van der Waals surface area (Å²) in [7, 11) is 0. The summed E-state index contributed by atoms with van der Waals surface area (Å²) < 4.78 is 5.25. The summed E-state index contributed by atoms with van der Waals surface area (Å²) >= 11 is 0. The van der Waals surface area contributed by atoms with Crippen molar-refractivity contribution >= 4 is 88.3 Å². The van der Waals surface area contributed by atoms with Crippen LogP contribution in [0.25, 0.3) is 121 Å². The molecular formula is C50H25BN2. The quantitative estimate of drug-likeness (QED) is 0.143. The summed E-state index contributed by atoms with van der Waals surface area (Å²) in [6.07, 6.45) is 0. The van der Waals surface area contributed by atoms with Crippen molar-refractivity contribution in [3.63, 3.8) is 0 Å². The molecule has 2 aliphatic heterocycles. The van der Waals surface area contributed by atoms with Gasteiger partial charge in [-0.05, 0) is 107 Å². The van der Waals surface area contributed by atoms with Crippen molar-refractivity contribution in [1.29, 1.82) is 0 Å². The van der Waals surface area contributed by atoms with Crippen LogP contribution >= 0.6 is 0 Å². The van der Waals surface area contributed by atoms with E-state index in [-0.39, 0.29) is 6.71 Å². The van der Waals surface area contributed by atoms with Crippen LogP contribution in [0.1, 0.15) is 0 Å². The highest BCUT2D eigenvalue weighted by molar-refractivity contribution is 7.00. The van der Waals surface area contributed by atoms with Crippen molar-refractivity contribution in [3.05, 3.63) is 152 Å². The molecule has 9 aromatic carbocycles. The summed E-state index contributed by atoms with van der Waals surface area (Å²) in [4.78, 5) is 0. The molecule has 11 aromatic rings. The van der Waals surface area contributed by atoms with Crippen molar-refractivity contribution in [2.45, 2.75) is 0 Å². The average molecular weight is 665 g/mol. The van der Waals surface area contributed by atoms with Gasteiger partial charge >= 0.3 is 0 Å². The van der Waals surface area contributed by atoms with Crippen LogP contribution in [0.2, 0.25) is 0 Å². The smallest absolute Gasteiger partial charge is 0.252 e. The first-order chi connectivity index (χ1) is 26.3. The van der Waals surface area contributed by atoms with Crippen LogP contribution in [-0.2, 0) is 0 Å². The van der Waals surface area contributed by atoms with Crippen LogP contribution < -0.4 is 16.4 Å². The van der Waals surface area contributed by atoms with E-state index in [1.54, 1.807) is 0 Å². The molecule has 0 bridgehead atoms. The number of aromatic nitrogens is 2. The molecule has 4 aliphatic rings. The molecule has 2 nitrogen and oxygen atoms in total. The van der Waals surface area contributed by atoms with Gasteiger partial charge in [0.2, 0.25) is 0 Å². The van der Waals surface area contributed by atoms with Gasteiger partial charge in [-0.1, -0.05) is 127 Å². The van der Waals surface area contributed by atoms with Gasteiger partial charge < -0.3 is 9.13 Å². The summed E-state index contributed by atoms with van der Waals surface area (Å²) in [6.45, 7) is 0.0928. The highest BCUT2D eigenvalue weighted by atomic mass is 15.0. The third-order valence-corrected chi connectivity index (χ3v) is 13.3. The van der Waals surface area contributed by atoms with Crippen LogP contribution in [0.5, 0.6) is 0 Å². The van der Waals surface area contributed by atoms with E-state index in [0.717, 1.165) is 0 Å². The SMILES string of the molecule is c1ccc2c(c1)-c1cccc3ccc4c(c13)c1c-2ccc2c1n4-c1cccc3c1B2c1cc2cccc4c2c2c5c(cccc5n-3c12)-c1ccccc1-4. The molecule has 15 rings (SSSR count). The standard InChI is InChI=1S/C50H25BN2/c1-3-13-30-28(11-1)33-16-6-10-27-25-37-50-47(43(27)33)44-34(30)17-7-18-38(44)52(50)40-19-8-20-41-48(40)51(37)36-23-22-35-31-14-4-2-12-29(31)32-15-5-9-26-21-24-39-46(42(26)32)45(35)49(36)53(39)41/h1-25H. The fourth-order valence-electron chi connectivity index (χ4n) is 11.6. The number of hydrogen-bond acceptors (Lipinski definition) is 0. The Balaban J connectivity index is 1.19. The molecule has 0 amide bonds. The lowest BCUT2D eigenvalue weighted by Crippen LogP contribution is -2.59. The number of rotatable bonds is 0. The molecule has 2 aromatic heterocycles. The maximum atomic E-state index is 2.63. The highest BCUT2D eigenvalue weighted by Gasteiger charge is 2.42. The Kier molecular flexibility index (Phi) is 4.14. The van der Waals surface area contributed by atoms with Crippen molar-refractivity contribution in [2.24, 2.45) is 0 Å². The van der Waals surface area contributed by atoms with E-state index in [9.17, 15) is 0 Å². The largest absolute Gasteiger partial charge is 0.310 e. The van der Waals surface area contributed by atoms with E-state index in [2.05, 4.69) is 161 Å². The first-order valence-corrected chi connectivity index (χ1v) is 18.7. The predicted octanol–water partition coefficient (Wildman–Crippen LogP) is 10.6. The first kappa shape index (κ1) is 26.0. The Morgan fingerprint density at radius 3 is 1.55 bits per heavy atom. The minimum absolute atomic E-state index is 0.0928. The van der Waals surface area contributed by atoms with Crippen molar-refractivity contribution < 1.29 is 0 Å². The van der Waals surface area contributed by atoms with E-state index in [0.29, 0.717) is 0 Å². The molecule has 0 atom stereocenters. The maximum absolute atomic E-state index is 2.63. The Hall–Kier alpha value is -6.84. The Labute approximate surface area is 303 Å². The number of benzene rings is 9. The number of hydrogen-bond donors (Lipinski definition) is 0. The Morgan fingerprint density at radius 1 is 0.321 bits per heavy atom. The number of fused-ring (bicyclic) bond motifs is 12. The highest BCUT2D eigenvalue weighted by Crippen LogP contribution is 2.52. The van der Waals surface area contributed by atoms with Gasteiger partial charge in [-0.3, -0.25) is 0 Å². The zero-order chi connectivity index (χ0) is 33.8. The van der Waals surface area contributed by atoms with Gasteiger partial charge in [-0.25, -0.2) is 0 Å². The van der Waals surface area contributed by atoms with Gasteiger partial charge in [-0.2, -0.15) is 0 Å². The lowest BCUT2D eigenvalue weighted by Gasteiger charge is -2.34. The fourth-order valence-corrected chi connectivity index (χ4v) is 11.6. The molecule has 238 valence electrons. The lowest BCUT2D eigenvalue weighted by atomic mass is 9.34. The fraction of sp³-hybridized carbons (Fsp3) is 0. The average Bonchev–Trinajstić information content (AvgIpc) is 3.67. The summed E-state index contributed by atoms with van der Waals surface area (Å²) in [5.74, 6) is 0. The van der Waals surface area contributed by atoms with Crippen LogP contribution in [0.15, 0.2) is 152 Å². The Morgan fingerprint density at radius 2 is 0.849 bits per heavy atom. The maximum Gasteiger partial charge on any atom is 0.252 e. The van der Waals surface area contributed by atoms with Crippen molar-refractivity contribution in [1.82, 2.24) is 9.13 Å². The first-order valence-electron chi connectivity index (χ1n) is 18.7. The van der Waals surface area contributed by atoms with E-state index in [4.69, 9.17) is 0 Å². The minimum Gasteiger partial charge on any atom is -0.310 e. The third kappa shape index (κ3) is 2.68. The van der Waals surface area contributed by atoms with E-state index < -0.39 is 0 Å². The normalized spacial score (nSPS) is 13.6. The zero-order valence-corrected chi connectivity index (χ0v) is 28.4. The molecule has 0 radical (unpaired) electrons. The molecule has 0 spiro atoms. The molecule has 2 aliphatic carbocycles. The monoisotopic (exact) mass is 664 g/mol. The van der Waals surface area contributed by atoms with E-state index in [1.807, 2.05) is 0 Å². The van der Waals surface area contributed by atoms with E-state index >= 15 is 0 Å². The van der Waals surface area contributed by atoms with Crippen LogP contribution in [0.4, 0.5) is 0 Å². The second-order valence-electron chi connectivity index (χ2n) is 15.5. The van der Waals surface area contributed by atoms with Crippen LogP contribution in [-0.4, -0.2) is 15.8 Å². The summed E-state index contributed by atoms with van der Waals surface area (Å²) in [5.41, 5.74) is 22.7. The molecule has 0 saturated carbocycles. The lowest BCUT2D eigenvalue weighted by molar-refractivity contribution is 1.14. The zero-order valence-electron chi connectivity index (χ0n) is 28.4. The van der Waals surface area contributed by atoms with Crippen molar-refractivity contribution in [3.8, 4) is 55.9 Å². The van der Waals surface area contributed by atoms with Crippen LogP contribution in [0.3, 0.4) is 0 Å². The summed E-state index contributed by atoms with van der Waals surface area (Å²) in [5, 5.41) is 10.9. The molecule has 0 unspecified atom stereocenters. The molecule has 0 fully saturated rings. The van der Waals surface area contributed by atoms with Gasteiger partial charge in [-0.15, -0.1) is 0 Å². The molecule has 0 saturated heterocycles. The van der Waals surface area contributed by atoms with E-state index in [1.165, 1.54) is 137 Å². The van der Waals surface area contributed by atoms with Gasteiger partial charge in [0.25, 0.3) is 6.71 Å². The van der Waals surface area contributed by atoms with Gasteiger partial charge in [0.1, 0.15) is 0 Å².